The monoisotopic (exact) mass is 420 g/mol. The fourth-order valence-electron chi connectivity index (χ4n) is 4.58. The van der Waals surface area contributed by atoms with Gasteiger partial charge in [0.05, 0.1) is 0 Å². The van der Waals surface area contributed by atoms with Gasteiger partial charge in [-0.1, -0.05) is 142 Å². The Balaban J connectivity index is 2.07. The molecule has 1 atom stereocenters. The minimum atomic E-state index is 0.929. The molecule has 0 aliphatic heterocycles. The van der Waals surface area contributed by atoms with Gasteiger partial charge in [-0.3, -0.25) is 0 Å². The number of thiophene rings is 1. The minimum absolute atomic E-state index is 0.929. The van der Waals surface area contributed by atoms with E-state index in [4.69, 9.17) is 0 Å². The van der Waals surface area contributed by atoms with Crippen LogP contribution in [0.25, 0.3) is 0 Å². The molecule has 0 aliphatic carbocycles. The van der Waals surface area contributed by atoms with Gasteiger partial charge in [-0.2, -0.15) is 11.3 Å². The number of unbranched alkanes of at least 4 members (excludes halogenated alkanes) is 16. The zero-order valence-corrected chi connectivity index (χ0v) is 20.9. The van der Waals surface area contributed by atoms with Gasteiger partial charge in [-0.25, -0.2) is 0 Å². The molecule has 0 bridgehead atoms. The van der Waals surface area contributed by atoms with Crippen molar-refractivity contribution >= 4 is 11.3 Å². The maximum atomic E-state index is 2.37. The van der Waals surface area contributed by atoms with Crippen molar-refractivity contribution in [1.82, 2.24) is 0 Å². The molecule has 1 aromatic heterocycles. The number of hydrogen-bond donors (Lipinski definition) is 0. The first-order chi connectivity index (χ1) is 14.4. The van der Waals surface area contributed by atoms with Crippen LogP contribution in [0.3, 0.4) is 0 Å². The summed E-state index contributed by atoms with van der Waals surface area (Å²) in [7, 11) is 0. The average molecular weight is 421 g/mol. The molecule has 1 aromatic rings. The molecule has 0 saturated carbocycles. The molecule has 0 spiro atoms. The third-order valence-corrected chi connectivity index (χ3v) is 7.27. The van der Waals surface area contributed by atoms with Crippen molar-refractivity contribution in [3.63, 3.8) is 0 Å². The second-order valence-electron chi connectivity index (χ2n) is 9.44. The largest absolute Gasteiger partial charge is 0.152 e. The summed E-state index contributed by atoms with van der Waals surface area (Å²) in [4.78, 5) is 0. The van der Waals surface area contributed by atoms with Crippen molar-refractivity contribution in [3.05, 3.63) is 22.4 Å². The predicted octanol–water partition coefficient (Wildman–Crippen LogP) is 10.7. The van der Waals surface area contributed by atoms with Gasteiger partial charge < -0.3 is 0 Å². The van der Waals surface area contributed by atoms with Gasteiger partial charge >= 0.3 is 0 Å². The van der Waals surface area contributed by atoms with E-state index in [-0.39, 0.29) is 0 Å². The van der Waals surface area contributed by atoms with E-state index in [1.165, 1.54) is 135 Å². The van der Waals surface area contributed by atoms with E-state index in [0.29, 0.717) is 0 Å². The Hall–Kier alpha value is -0.300. The summed E-state index contributed by atoms with van der Waals surface area (Å²) in [6, 6.07) is 2.35. The predicted molar refractivity (Wildman–Crippen MR) is 135 cm³/mol. The lowest BCUT2D eigenvalue weighted by atomic mass is 9.89. The molecule has 1 unspecified atom stereocenters. The van der Waals surface area contributed by atoms with Gasteiger partial charge in [0.1, 0.15) is 0 Å². The van der Waals surface area contributed by atoms with Gasteiger partial charge in [-0.15, -0.1) is 0 Å². The smallest absolute Gasteiger partial charge is 0.00612 e. The lowest BCUT2D eigenvalue weighted by Gasteiger charge is -2.16. The Labute approximate surface area is 188 Å². The highest BCUT2D eigenvalue weighted by Crippen LogP contribution is 2.24. The zero-order chi connectivity index (χ0) is 20.8. The topological polar surface area (TPSA) is 0 Å². The highest BCUT2D eigenvalue weighted by atomic mass is 32.1. The van der Waals surface area contributed by atoms with E-state index in [2.05, 4.69) is 30.7 Å². The standard InChI is InChI=1S/C28H52S/c1-3-5-7-9-11-13-14-16-18-20-22-27(25-28-23-24-29-26-28)21-19-17-15-12-10-8-6-4-2/h23-24,26-27H,3-22,25H2,1-2H3. The lowest BCUT2D eigenvalue weighted by Crippen LogP contribution is -2.05. The first kappa shape index (κ1) is 26.7. The molecule has 1 heterocycles. The van der Waals surface area contributed by atoms with Crippen LogP contribution in [-0.4, -0.2) is 0 Å². The van der Waals surface area contributed by atoms with E-state index in [0.717, 1.165) is 5.92 Å². The Bertz CT molecular complexity index is 408. The fraction of sp³-hybridized carbons (Fsp3) is 0.857. The summed E-state index contributed by atoms with van der Waals surface area (Å²) in [5.41, 5.74) is 1.59. The molecule has 0 aromatic carbocycles. The maximum Gasteiger partial charge on any atom is -0.00612 e. The third kappa shape index (κ3) is 17.1. The van der Waals surface area contributed by atoms with Crippen molar-refractivity contribution in [2.45, 2.75) is 149 Å². The second-order valence-corrected chi connectivity index (χ2v) is 10.2. The van der Waals surface area contributed by atoms with E-state index in [1.54, 1.807) is 5.56 Å². The molecule has 0 N–H and O–H groups in total. The first-order valence-corrected chi connectivity index (χ1v) is 14.3. The van der Waals surface area contributed by atoms with Crippen LogP contribution >= 0.6 is 11.3 Å². The molecule has 0 radical (unpaired) electrons. The quantitative estimate of drug-likeness (QED) is 0.164. The molecule has 1 rings (SSSR count). The Morgan fingerprint density at radius 1 is 0.586 bits per heavy atom. The van der Waals surface area contributed by atoms with Gasteiger partial charge in [0, 0.05) is 0 Å². The Kier molecular flexibility index (Phi) is 19.3. The van der Waals surface area contributed by atoms with Crippen molar-refractivity contribution in [1.29, 1.82) is 0 Å². The molecule has 0 aliphatic rings. The molecular weight excluding hydrogens is 368 g/mol. The van der Waals surface area contributed by atoms with Crippen LogP contribution in [0.5, 0.6) is 0 Å². The van der Waals surface area contributed by atoms with Crippen LogP contribution in [-0.2, 0) is 6.42 Å². The van der Waals surface area contributed by atoms with Crippen LogP contribution in [0.2, 0.25) is 0 Å². The normalized spacial score (nSPS) is 12.5. The summed E-state index contributed by atoms with van der Waals surface area (Å²) in [5.74, 6) is 0.929. The fourth-order valence-corrected chi connectivity index (χ4v) is 5.26. The molecule has 29 heavy (non-hydrogen) atoms. The van der Waals surface area contributed by atoms with Crippen LogP contribution in [0.4, 0.5) is 0 Å². The summed E-state index contributed by atoms with van der Waals surface area (Å²) in [6.07, 6.45) is 30.4. The highest BCUT2D eigenvalue weighted by molar-refractivity contribution is 7.07. The molecule has 1 heteroatoms. The number of rotatable bonds is 22. The lowest BCUT2D eigenvalue weighted by molar-refractivity contribution is 0.400. The van der Waals surface area contributed by atoms with Crippen LogP contribution < -0.4 is 0 Å². The highest BCUT2D eigenvalue weighted by Gasteiger charge is 2.10. The Morgan fingerprint density at radius 2 is 1.00 bits per heavy atom. The summed E-state index contributed by atoms with van der Waals surface area (Å²) < 4.78 is 0. The van der Waals surface area contributed by atoms with Crippen molar-refractivity contribution in [2.24, 2.45) is 5.92 Å². The van der Waals surface area contributed by atoms with Gasteiger partial charge in [0.2, 0.25) is 0 Å². The number of hydrogen-bond acceptors (Lipinski definition) is 1. The van der Waals surface area contributed by atoms with Crippen LogP contribution in [0, 0.1) is 5.92 Å². The summed E-state index contributed by atoms with van der Waals surface area (Å²) in [5, 5.41) is 4.63. The molecule has 0 fully saturated rings. The Morgan fingerprint density at radius 3 is 1.38 bits per heavy atom. The van der Waals surface area contributed by atoms with Crippen LogP contribution in [0.1, 0.15) is 148 Å². The van der Waals surface area contributed by atoms with E-state index in [1.807, 2.05) is 11.3 Å². The van der Waals surface area contributed by atoms with E-state index >= 15 is 0 Å². The average Bonchev–Trinajstić information content (AvgIpc) is 3.24. The summed E-state index contributed by atoms with van der Waals surface area (Å²) in [6.45, 7) is 4.61. The molecule has 0 saturated heterocycles. The van der Waals surface area contributed by atoms with Gasteiger partial charge in [0.25, 0.3) is 0 Å². The minimum Gasteiger partial charge on any atom is -0.152 e. The van der Waals surface area contributed by atoms with Gasteiger partial charge in [-0.05, 0) is 34.7 Å². The SMILES string of the molecule is CCCCCCCCCCCCC(CCCCCCCCCC)Cc1ccsc1. The van der Waals surface area contributed by atoms with Crippen LogP contribution in [0.15, 0.2) is 16.8 Å². The van der Waals surface area contributed by atoms with Gasteiger partial charge in [0.15, 0.2) is 0 Å². The maximum absolute atomic E-state index is 2.37. The molecular formula is C28H52S. The molecule has 0 amide bonds. The van der Waals surface area contributed by atoms with Crippen molar-refractivity contribution in [3.8, 4) is 0 Å². The van der Waals surface area contributed by atoms with E-state index in [9.17, 15) is 0 Å². The van der Waals surface area contributed by atoms with E-state index < -0.39 is 0 Å². The first-order valence-electron chi connectivity index (χ1n) is 13.4. The van der Waals surface area contributed by atoms with Crippen molar-refractivity contribution < 1.29 is 0 Å². The molecule has 170 valence electrons. The summed E-state index contributed by atoms with van der Waals surface area (Å²) >= 11 is 1.87. The second kappa shape index (κ2) is 21.0. The van der Waals surface area contributed by atoms with Crippen molar-refractivity contribution in [2.75, 3.05) is 0 Å². The molecule has 0 nitrogen and oxygen atoms in total. The zero-order valence-electron chi connectivity index (χ0n) is 20.1. The third-order valence-electron chi connectivity index (χ3n) is 6.54.